The SMILES string of the molecule is CCNC(=NCCc1ccn(-c2ccc(F)cc2)n1)NC(C)COC1CCOC1. The number of hydrogen-bond donors (Lipinski definition) is 2. The largest absolute Gasteiger partial charge is 0.379 e. The van der Waals surface area contributed by atoms with Gasteiger partial charge < -0.3 is 20.1 Å². The molecule has 2 aromatic rings. The minimum atomic E-state index is -0.255. The van der Waals surface area contributed by atoms with E-state index < -0.39 is 0 Å². The zero-order valence-electron chi connectivity index (χ0n) is 17.1. The summed E-state index contributed by atoms with van der Waals surface area (Å²) < 4.78 is 26.0. The quantitative estimate of drug-likeness (QED) is 0.497. The van der Waals surface area contributed by atoms with Crippen LogP contribution in [0.15, 0.2) is 41.5 Å². The average molecular weight is 404 g/mol. The standard InChI is InChI=1S/C21H30FN5O2/c1-3-23-21(25-16(2)14-29-20-10-13-28-15-20)24-11-8-18-9-12-27(26-18)19-6-4-17(22)5-7-19/h4-7,9,12,16,20H,3,8,10-11,13-15H2,1-2H3,(H2,23,24,25). The van der Waals surface area contributed by atoms with Gasteiger partial charge in [-0.15, -0.1) is 0 Å². The van der Waals surface area contributed by atoms with E-state index in [-0.39, 0.29) is 18.0 Å². The second kappa shape index (κ2) is 10.9. The van der Waals surface area contributed by atoms with E-state index in [4.69, 9.17) is 9.47 Å². The van der Waals surface area contributed by atoms with E-state index in [0.717, 1.165) is 43.3 Å². The third kappa shape index (κ3) is 6.83. The lowest BCUT2D eigenvalue weighted by Crippen LogP contribution is -2.44. The van der Waals surface area contributed by atoms with Crippen molar-refractivity contribution in [3.8, 4) is 5.69 Å². The van der Waals surface area contributed by atoms with Gasteiger partial charge in [-0.3, -0.25) is 4.99 Å². The van der Waals surface area contributed by atoms with Crippen LogP contribution >= 0.6 is 0 Å². The van der Waals surface area contributed by atoms with Gasteiger partial charge in [-0.2, -0.15) is 5.10 Å². The van der Waals surface area contributed by atoms with Crippen LogP contribution in [0.1, 0.15) is 26.0 Å². The van der Waals surface area contributed by atoms with E-state index >= 15 is 0 Å². The Balaban J connectivity index is 1.47. The minimum absolute atomic E-state index is 0.145. The van der Waals surface area contributed by atoms with Gasteiger partial charge in [0.1, 0.15) is 5.82 Å². The van der Waals surface area contributed by atoms with Gasteiger partial charge in [0.2, 0.25) is 0 Å². The molecule has 0 bridgehead atoms. The van der Waals surface area contributed by atoms with Crippen LogP contribution < -0.4 is 10.6 Å². The normalized spacial score (nSPS) is 18.0. The monoisotopic (exact) mass is 403 g/mol. The summed E-state index contributed by atoms with van der Waals surface area (Å²) in [6.07, 6.45) is 3.76. The highest BCUT2D eigenvalue weighted by Gasteiger charge is 2.17. The molecule has 8 heteroatoms. The van der Waals surface area contributed by atoms with E-state index in [1.54, 1.807) is 16.8 Å². The Kier molecular flexibility index (Phi) is 8.01. The van der Waals surface area contributed by atoms with Gasteiger partial charge in [0, 0.05) is 38.4 Å². The first-order valence-electron chi connectivity index (χ1n) is 10.2. The van der Waals surface area contributed by atoms with E-state index in [9.17, 15) is 4.39 Å². The molecular weight excluding hydrogens is 373 g/mol. The fourth-order valence-corrected chi connectivity index (χ4v) is 3.03. The fraction of sp³-hybridized carbons (Fsp3) is 0.524. The van der Waals surface area contributed by atoms with E-state index in [1.165, 1.54) is 12.1 Å². The van der Waals surface area contributed by atoms with Crippen molar-refractivity contribution in [2.75, 3.05) is 32.9 Å². The van der Waals surface area contributed by atoms with Crippen LogP contribution in [-0.2, 0) is 15.9 Å². The molecule has 29 heavy (non-hydrogen) atoms. The second-order valence-electron chi connectivity index (χ2n) is 7.10. The first kappa shape index (κ1) is 21.3. The molecule has 3 rings (SSSR count). The van der Waals surface area contributed by atoms with Gasteiger partial charge in [0.05, 0.1) is 30.7 Å². The van der Waals surface area contributed by atoms with Crippen LogP contribution in [0.5, 0.6) is 0 Å². The Morgan fingerprint density at radius 2 is 2.21 bits per heavy atom. The van der Waals surface area contributed by atoms with Crippen molar-refractivity contribution in [2.45, 2.75) is 38.8 Å². The maximum absolute atomic E-state index is 13.1. The Morgan fingerprint density at radius 1 is 1.38 bits per heavy atom. The van der Waals surface area contributed by atoms with Crippen LogP contribution in [0.25, 0.3) is 5.69 Å². The molecule has 0 aliphatic carbocycles. The number of aliphatic imine (C=N–C) groups is 1. The number of guanidine groups is 1. The van der Waals surface area contributed by atoms with Gasteiger partial charge in [-0.05, 0) is 50.6 Å². The number of nitrogens with one attached hydrogen (secondary N) is 2. The molecular formula is C21H30FN5O2. The molecule has 0 amide bonds. The highest BCUT2D eigenvalue weighted by molar-refractivity contribution is 5.80. The maximum Gasteiger partial charge on any atom is 0.191 e. The summed E-state index contributed by atoms with van der Waals surface area (Å²) in [6, 6.07) is 8.38. The van der Waals surface area contributed by atoms with Crippen LogP contribution in [0.4, 0.5) is 4.39 Å². The van der Waals surface area contributed by atoms with Crippen molar-refractivity contribution in [3.05, 3.63) is 48.0 Å². The number of halogens is 1. The molecule has 1 aromatic heterocycles. The summed E-state index contributed by atoms with van der Waals surface area (Å²) >= 11 is 0. The van der Waals surface area contributed by atoms with Crippen molar-refractivity contribution >= 4 is 5.96 Å². The van der Waals surface area contributed by atoms with E-state index in [2.05, 4.69) is 27.6 Å². The predicted octanol–water partition coefficient (Wildman–Crippen LogP) is 2.30. The van der Waals surface area contributed by atoms with E-state index in [0.29, 0.717) is 19.8 Å². The van der Waals surface area contributed by atoms with Gasteiger partial charge in [-0.25, -0.2) is 9.07 Å². The molecule has 0 saturated carbocycles. The molecule has 1 aromatic carbocycles. The molecule has 2 unspecified atom stereocenters. The van der Waals surface area contributed by atoms with Crippen molar-refractivity contribution in [2.24, 2.45) is 4.99 Å². The summed E-state index contributed by atoms with van der Waals surface area (Å²) in [5.41, 5.74) is 1.77. The lowest BCUT2D eigenvalue weighted by Gasteiger charge is -2.19. The van der Waals surface area contributed by atoms with Gasteiger partial charge in [0.25, 0.3) is 0 Å². The molecule has 0 spiro atoms. The molecule has 2 heterocycles. The predicted molar refractivity (Wildman–Crippen MR) is 111 cm³/mol. The van der Waals surface area contributed by atoms with Crippen molar-refractivity contribution in [1.29, 1.82) is 0 Å². The maximum atomic E-state index is 13.1. The van der Waals surface area contributed by atoms with Crippen molar-refractivity contribution in [3.63, 3.8) is 0 Å². The third-order valence-electron chi connectivity index (χ3n) is 4.57. The summed E-state index contributed by atoms with van der Waals surface area (Å²) in [5, 5.41) is 11.2. The summed E-state index contributed by atoms with van der Waals surface area (Å²) in [7, 11) is 0. The molecule has 7 nitrogen and oxygen atoms in total. The summed E-state index contributed by atoms with van der Waals surface area (Å²) in [4.78, 5) is 4.64. The third-order valence-corrected chi connectivity index (χ3v) is 4.57. The number of aromatic nitrogens is 2. The van der Waals surface area contributed by atoms with Crippen LogP contribution in [-0.4, -0.2) is 60.8 Å². The smallest absolute Gasteiger partial charge is 0.191 e. The zero-order chi connectivity index (χ0) is 20.5. The number of nitrogens with zero attached hydrogens (tertiary/aromatic N) is 3. The molecule has 0 radical (unpaired) electrons. The van der Waals surface area contributed by atoms with Gasteiger partial charge in [0.15, 0.2) is 5.96 Å². The highest BCUT2D eigenvalue weighted by Crippen LogP contribution is 2.10. The molecule has 158 valence electrons. The van der Waals surface area contributed by atoms with E-state index in [1.807, 2.05) is 19.2 Å². The second-order valence-corrected chi connectivity index (χ2v) is 7.10. The Bertz CT molecular complexity index is 772. The molecule has 1 saturated heterocycles. The first-order valence-corrected chi connectivity index (χ1v) is 10.2. The number of ether oxygens (including phenoxy) is 2. The molecule has 2 N–H and O–H groups in total. The lowest BCUT2D eigenvalue weighted by molar-refractivity contribution is 0.0347. The Labute approximate surface area is 171 Å². The van der Waals surface area contributed by atoms with Crippen molar-refractivity contribution < 1.29 is 13.9 Å². The lowest BCUT2D eigenvalue weighted by atomic mass is 10.3. The van der Waals surface area contributed by atoms with Crippen LogP contribution in [0.2, 0.25) is 0 Å². The van der Waals surface area contributed by atoms with Gasteiger partial charge in [-0.1, -0.05) is 0 Å². The minimum Gasteiger partial charge on any atom is -0.379 e. The van der Waals surface area contributed by atoms with Crippen LogP contribution in [0, 0.1) is 5.82 Å². The fourth-order valence-electron chi connectivity index (χ4n) is 3.03. The summed E-state index contributed by atoms with van der Waals surface area (Å²) in [5.74, 6) is 0.513. The molecule has 2 atom stereocenters. The molecule has 1 aliphatic heterocycles. The molecule has 1 aliphatic rings. The zero-order valence-corrected chi connectivity index (χ0v) is 17.1. The highest BCUT2D eigenvalue weighted by atomic mass is 19.1. The number of benzene rings is 1. The average Bonchev–Trinajstić information content (AvgIpc) is 3.39. The summed E-state index contributed by atoms with van der Waals surface area (Å²) in [6.45, 7) is 7.60. The molecule has 1 fully saturated rings. The van der Waals surface area contributed by atoms with Crippen molar-refractivity contribution in [1.82, 2.24) is 20.4 Å². The topological polar surface area (TPSA) is 72.7 Å². The Morgan fingerprint density at radius 3 is 2.93 bits per heavy atom. The number of rotatable bonds is 9. The first-order chi connectivity index (χ1) is 14.1. The van der Waals surface area contributed by atoms with Gasteiger partial charge >= 0.3 is 0 Å². The van der Waals surface area contributed by atoms with Crippen LogP contribution in [0.3, 0.4) is 0 Å². The number of hydrogen-bond acceptors (Lipinski definition) is 4. The Hall–Kier alpha value is -2.45.